The molecule has 1 aromatic carbocycles. The molecule has 0 unspecified atom stereocenters. The van der Waals surface area contributed by atoms with Crippen molar-refractivity contribution in [2.24, 2.45) is 12.8 Å². The molecule has 11 heteroatoms. The number of amides is 1. The predicted molar refractivity (Wildman–Crippen MR) is 95.8 cm³/mol. The Morgan fingerprint density at radius 2 is 2.00 bits per heavy atom. The number of aromatic nitrogens is 3. The quantitative estimate of drug-likeness (QED) is 0.665. The van der Waals surface area contributed by atoms with Gasteiger partial charge in [-0.3, -0.25) is 9.48 Å². The average Bonchev–Trinajstić information content (AvgIpc) is 2.98. The van der Waals surface area contributed by atoms with Crippen molar-refractivity contribution in [3.63, 3.8) is 0 Å². The number of primary amides is 1. The molecular weight excluding hydrogens is 399 g/mol. The topological polar surface area (TPSA) is 109 Å². The highest BCUT2D eigenvalue weighted by atomic mass is 35.5. The minimum absolute atomic E-state index is 0.00768. The Kier molecular flexibility index (Phi) is 5.14. The second-order valence-corrected chi connectivity index (χ2v) is 6.03. The fraction of sp³-hybridized carbons (Fsp3) is 0.118. The van der Waals surface area contributed by atoms with Crippen LogP contribution in [0.3, 0.4) is 0 Å². The third-order valence-corrected chi connectivity index (χ3v) is 4.23. The molecule has 0 aliphatic carbocycles. The predicted octanol–water partition coefficient (Wildman–Crippen LogP) is 3.69. The van der Waals surface area contributed by atoms with Crippen molar-refractivity contribution in [1.29, 1.82) is 0 Å². The van der Waals surface area contributed by atoms with Crippen molar-refractivity contribution in [3.8, 4) is 22.8 Å². The van der Waals surface area contributed by atoms with Crippen LogP contribution < -0.4 is 16.2 Å². The van der Waals surface area contributed by atoms with E-state index >= 15 is 0 Å². The fourth-order valence-electron chi connectivity index (χ4n) is 2.60. The molecule has 0 fully saturated rings. The van der Waals surface area contributed by atoms with Gasteiger partial charge in [0.25, 0.3) is 12.3 Å². The maximum absolute atomic E-state index is 14.5. The molecule has 0 saturated heterocycles. The second-order valence-electron chi connectivity index (χ2n) is 5.65. The van der Waals surface area contributed by atoms with Crippen molar-refractivity contribution in [2.75, 3.05) is 5.73 Å². The number of halogens is 4. The largest absolute Gasteiger partial charge is 0.453 e. The SMILES string of the molecule is Cn1nc(-c2ccc(Oc3ccnc(N)c3Cl)c(F)c2)c(C(N)=O)c1C(F)F. The summed E-state index contributed by atoms with van der Waals surface area (Å²) < 4.78 is 47.3. The Labute approximate surface area is 161 Å². The molecule has 2 heterocycles. The van der Waals surface area contributed by atoms with Crippen LogP contribution in [-0.4, -0.2) is 20.7 Å². The first-order valence-electron chi connectivity index (χ1n) is 7.73. The highest BCUT2D eigenvalue weighted by Crippen LogP contribution is 2.36. The van der Waals surface area contributed by atoms with E-state index in [0.29, 0.717) is 0 Å². The molecule has 0 aliphatic heterocycles. The van der Waals surface area contributed by atoms with E-state index in [9.17, 15) is 18.0 Å². The zero-order valence-electron chi connectivity index (χ0n) is 14.3. The summed E-state index contributed by atoms with van der Waals surface area (Å²) in [4.78, 5) is 15.4. The van der Waals surface area contributed by atoms with Gasteiger partial charge in [0.2, 0.25) is 0 Å². The highest BCUT2D eigenvalue weighted by Gasteiger charge is 2.28. The summed E-state index contributed by atoms with van der Waals surface area (Å²) in [5.41, 5.74) is 9.57. The molecular formula is C17H13ClF3N5O2. The molecule has 0 aliphatic rings. The van der Waals surface area contributed by atoms with Crippen LogP contribution in [0.4, 0.5) is 19.0 Å². The van der Waals surface area contributed by atoms with Gasteiger partial charge in [0.05, 0.1) is 5.56 Å². The number of benzene rings is 1. The lowest BCUT2D eigenvalue weighted by Crippen LogP contribution is -2.15. The van der Waals surface area contributed by atoms with Crippen LogP contribution in [-0.2, 0) is 7.05 Å². The number of alkyl halides is 2. The van der Waals surface area contributed by atoms with Gasteiger partial charge in [-0.2, -0.15) is 5.10 Å². The number of nitrogens with zero attached hydrogens (tertiary/aromatic N) is 3. The third-order valence-electron chi connectivity index (χ3n) is 3.85. The maximum Gasteiger partial charge on any atom is 0.280 e. The van der Waals surface area contributed by atoms with Crippen molar-refractivity contribution in [2.45, 2.75) is 6.43 Å². The number of nitrogen functional groups attached to an aromatic ring is 1. The number of pyridine rings is 1. The van der Waals surface area contributed by atoms with Gasteiger partial charge in [0.1, 0.15) is 22.2 Å². The van der Waals surface area contributed by atoms with E-state index in [4.69, 9.17) is 27.8 Å². The van der Waals surface area contributed by atoms with E-state index in [1.807, 2.05) is 0 Å². The number of carbonyl (C=O) groups excluding carboxylic acids is 1. The molecule has 0 spiro atoms. The number of hydrogen-bond donors (Lipinski definition) is 2. The van der Waals surface area contributed by atoms with Crippen molar-refractivity contribution < 1.29 is 22.7 Å². The van der Waals surface area contributed by atoms with Crippen molar-refractivity contribution >= 4 is 23.3 Å². The number of anilines is 1. The molecule has 4 N–H and O–H groups in total. The van der Waals surface area contributed by atoms with Crippen LogP contribution >= 0.6 is 11.6 Å². The van der Waals surface area contributed by atoms with Crippen LogP contribution in [0.2, 0.25) is 5.02 Å². The number of aryl methyl sites for hydroxylation is 1. The molecule has 0 radical (unpaired) electrons. The molecule has 146 valence electrons. The van der Waals surface area contributed by atoms with E-state index in [-0.39, 0.29) is 33.6 Å². The molecule has 0 atom stereocenters. The van der Waals surface area contributed by atoms with Gasteiger partial charge < -0.3 is 16.2 Å². The monoisotopic (exact) mass is 411 g/mol. The lowest BCUT2D eigenvalue weighted by atomic mass is 10.0. The van der Waals surface area contributed by atoms with Gasteiger partial charge >= 0.3 is 0 Å². The first kappa shape index (κ1) is 19.5. The number of carbonyl (C=O) groups is 1. The minimum Gasteiger partial charge on any atom is -0.453 e. The zero-order valence-corrected chi connectivity index (χ0v) is 15.0. The summed E-state index contributed by atoms with van der Waals surface area (Å²) in [6.07, 6.45) is -1.65. The Morgan fingerprint density at radius 1 is 1.29 bits per heavy atom. The van der Waals surface area contributed by atoms with Gasteiger partial charge in [-0.05, 0) is 18.2 Å². The summed E-state index contributed by atoms with van der Waals surface area (Å²) in [6.45, 7) is 0. The van der Waals surface area contributed by atoms with Crippen LogP contribution in [0.5, 0.6) is 11.5 Å². The zero-order chi connectivity index (χ0) is 20.6. The number of rotatable bonds is 5. The van der Waals surface area contributed by atoms with Gasteiger partial charge in [-0.1, -0.05) is 11.6 Å². The van der Waals surface area contributed by atoms with Crippen LogP contribution in [0, 0.1) is 5.82 Å². The fourth-order valence-corrected chi connectivity index (χ4v) is 2.75. The minimum atomic E-state index is -2.99. The molecule has 2 aromatic heterocycles. The van der Waals surface area contributed by atoms with Crippen LogP contribution in [0.1, 0.15) is 22.5 Å². The Bertz CT molecular complexity index is 1070. The summed E-state index contributed by atoms with van der Waals surface area (Å²) in [7, 11) is 1.24. The van der Waals surface area contributed by atoms with Gasteiger partial charge in [0.15, 0.2) is 17.3 Å². The summed E-state index contributed by atoms with van der Waals surface area (Å²) in [6, 6.07) is 4.96. The standard InChI is InChI=1S/C17H13ClF3N5O2/c1-26-14(15(20)21)11(17(23)27)13(25-26)7-2-3-9(8(19)6-7)28-10-4-5-24-16(22)12(10)18/h2-6,15H,1H3,(H2,22,24)(H2,23,27). The van der Waals surface area contributed by atoms with Gasteiger partial charge in [-0.15, -0.1) is 0 Å². The average molecular weight is 412 g/mol. The van der Waals surface area contributed by atoms with E-state index in [1.54, 1.807) is 0 Å². The number of nitrogens with two attached hydrogens (primary N) is 2. The lowest BCUT2D eigenvalue weighted by molar-refractivity contribution is 0.0982. The highest BCUT2D eigenvalue weighted by molar-refractivity contribution is 6.34. The molecule has 3 aromatic rings. The molecule has 7 nitrogen and oxygen atoms in total. The Hall–Kier alpha value is -3.27. The van der Waals surface area contributed by atoms with E-state index in [1.165, 1.54) is 31.4 Å². The first-order valence-corrected chi connectivity index (χ1v) is 8.11. The second kappa shape index (κ2) is 7.39. The molecule has 28 heavy (non-hydrogen) atoms. The van der Waals surface area contributed by atoms with Crippen molar-refractivity contribution in [1.82, 2.24) is 14.8 Å². The number of ether oxygens (including phenoxy) is 1. The van der Waals surface area contributed by atoms with E-state index in [2.05, 4.69) is 10.1 Å². The molecule has 0 saturated carbocycles. The molecule has 3 rings (SSSR count). The molecule has 1 amide bonds. The smallest absolute Gasteiger partial charge is 0.280 e. The lowest BCUT2D eigenvalue weighted by Gasteiger charge is -2.10. The van der Waals surface area contributed by atoms with Crippen LogP contribution in [0.15, 0.2) is 30.5 Å². The summed E-state index contributed by atoms with van der Waals surface area (Å²) in [5.74, 6) is -2.06. The van der Waals surface area contributed by atoms with E-state index in [0.717, 1.165) is 10.7 Å². The molecule has 0 bridgehead atoms. The van der Waals surface area contributed by atoms with Gasteiger partial charge in [0, 0.05) is 24.9 Å². The van der Waals surface area contributed by atoms with Gasteiger partial charge in [-0.25, -0.2) is 18.2 Å². The number of hydrogen-bond acceptors (Lipinski definition) is 5. The van der Waals surface area contributed by atoms with Crippen LogP contribution in [0.25, 0.3) is 11.3 Å². The normalized spacial score (nSPS) is 11.1. The Balaban J connectivity index is 2.03. The summed E-state index contributed by atoms with van der Waals surface area (Å²) in [5, 5.41) is 3.89. The van der Waals surface area contributed by atoms with Crippen molar-refractivity contribution in [3.05, 3.63) is 52.6 Å². The summed E-state index contributed by atoms with van der Waals surface area (Å²) >= 11 is 5.96. The first-order chi connectivity index (χ1) is 13.2. The third kappa shape index (κ3) is 3.46. The van der Waals surface area contributed by atoms with E-state index < -0.39 is 29.4 Å². The maximum atomic E-state index is 14.5. The Morgan fingerprint density at radius 3 is 2.61 bits per heavy atom.